The van der Waals surface area contributed by atoms with Gasteiger partial charge in [-0.25, -0.2) is 0 Å². The summed E-state index contributed by atoms with van der Waals surface area (Å²) in [5, 5.41) is 3.58. The van der Waals surface area contributed by atoms with E-state index in [0.717, 1.165) is 17.8 Å². The lowest BCUT2D eigenvalue weighted by atomic mass is 9.60. The first-order valence-electron chi connectivity index (χ1n) is 6.75. The molecule has 15 heavy (non-hydrogen) atoms. The summed E-state index contributed by atoms with van der Waals surface area (Å²) >= 11 is 0. The van der Waals surface area contributed by atoms with Gasteiger partial charge in [0.15, 0.2) is 0 Å². The van der Waals surface area contributed by atoms with Crippen LogP contribution in [-0.2, 0) is 0 Å². The zero-order valence-corrected chi connectivity index (χ0v) is 11.3. The van der Waals surface area contributed by atoms with Crippen LogP contribution in [0.2, 0.25) is 0 Å². The Morgan fingerprint density at radius 1 is 1.20 bits per heavy atom. The van der Waals surface area contributed by atoms with Crippen LogP contribution in [0, 0.1) is 23.2 Å². The fourth-order valence-corrected chi connectivity index (χ4v) is 3.74. The van der Waals surface area contributed by atoms with Gasteiger partial charge in [-0.2, -0.15) is 0 Å². The summed E-state index contributed by atoms with van der Waals surface area (Å²) < 4.78 is 0. The van der Waals surface area contributed by atoms with E-state index in [1.807, 2.05) is 0 Å². The fourth-order valence-electron chi connectivity index (χ4n) is 3.74. The average Bonchev–Trinajstić information content (AvgIpc) is 2.39. The van der Waals surface area contributed by atoms with Crippen LogP contribution in [0.3, 0.4) is 0 Å². The van der Waals surface area contributed by atoms with E-state index in [1.54, 1.807) is 0 Å². The van der Waals surface area contributed by atoms with Gasteiger partial charge in [-0.15, -0.1) is 0 Å². The van der Waals surface area contributed by atoms with Gasteiger partial charge < -0.3 is 5.32 Å². The van der Waals surface area contributed by atoms with Crippen molar-refractivity contribution in [3.05, 3.63) is 0 Å². The van der Waals surface area contributed by atoms with E-state index >= 15 is 0 Å². The molecular weight excluding hydrogens is 182 g/mol. The second-order valence-corrected chi connectivity index (χ2v) is 5.88. The maximum absolute atomic E-state index is 3.58. The van der Waals surface area contributed by atoms with Crippen molar-refractivity contribution in [1.29, 1.82) is 0 Å². The molecule has 1 fully saturated rings. The minimum atomic E-state index is 0.581. The van der Waals surface area contributed by atoms with Gasteiger partial charge in [-0.05, 0) is 55.5 Å². The van der Waals surface area contributed by atoms with Crippen LogP contribution >= 0.6 is 0 Å². The highest BCUT2D eigenvalue weighted by Gasteiger charge is 2.41. The van der Waals surface area contributed by atoms with E-state index < -0.39 is 0 Å². The van der Waals surface area contributed by atoms with Gasteiger partial charge in [0.2, 0.25) is 0 Å². The Labute approximate surface area is 96.0 Å². The highest BCUT2D eigenvalue weighted by atomic mass is 14.9. The first-order chi connectivity index (χ1) is 7.04. The van der Waals surface area contributed by atoms with Gasteiger partial charge >= 0.3 is 0 Å². The normalized spacial score (nSPS) is 33.4. The first kappa shape index (κ1) is 13.0. The van der Waals surface area contributed by atoms with Crippen molar-refractivity contribution in [2.24, 2.45) is 23.2 Å². The number of rotatable bonds is 3. The van der Waals surface area contributed by atoms with Crippen molar-refractivity contribution in [1.82, 2.24) is 5.32 Å². The van der Waals surface area contributed by atoms with Crippen LogP contribution in [0.25, 0.3) is 0 Å². The Balaban J connectivity index is 2.93. The molecule has 0 aliphatic carbocycles. The van der Waals surface area contributed by atoms with E-state index in [-0.39, 0.29) is 0 Å². The zero-order valence-electron chi connectivity index (χ0n) is 11.3. The minimum Gasteiger partial charge on any atom is -0.317 e. The van der Waals surface area contributed by atoms with Crippen LogP contribution in [-0.4, -0.2) is 13.1 Å². The highest BCUT2D eigenvalue weighted by molar-refractivity contribution is 4.92. The molecule has 1 saturated heterocycles. The number of hydrogen-bond donors (Lipinski definition) is 1. The summed E-state index contributed by atoms with van der Waals surface area (Å²) in [5.41, 5.74) is 0.581. The summed E-state index contributed by atoms with van der Waals surface area (Å²) in [6.45, 7) is 14.5. The largest absolute Gasteiger partial charge is 0.317 e. The highest BCUT2D eigenvalue weighted by Crippen LogP contribution is 2.47. The second-order valence-electron chi connectivity index (χ2n) is 5.88. The van der Waals surface area contributed by atoms with Crippen molar-refractivity contribution in [3.8, 4) is 0 Å². The molecule has 1 heterocycles. The first-order valence-corrected chi connectivity index (χ1v) is 6.75. The quantitative estimate of drug-likeness (QED) is 0.750. The second kappa shape index (κ2) is 5.34. The summed E-state index contributed by atoms with van der Waals surface area (Å²) in [4.78, 5) is 0. The van der Waals surface area contributed by atoms with Gasteiger partial charge in [0.25, 0.3) is 0 Å². The van der Waals surface area contributed by atoms with Crippen LogP contribution in [0.15, 0.2) is 0 Å². The van der Waals surface area contributed by atoms with Gasteiger partial charge in [0, 0.05) is 0 Å². The molecule has 1 N–H and O–H groups in total. The molecule has 0 aromatic heterocycles. The van der Waals surface area contributed by atoms with Gasteiger partial charge in [0.1, 0.15) is 0 Å². The Bertz CT molecular complexity index is 186. The third kappa shape index (κ3) is 2.55. The molecule has 1 aliphatic rings. The van der Waals surface area contributed by atoms with Crippen LogP contribution in [0.5, 0.6) is 0 Å². The summed E-state index contributed by atoms with van der Waals surface area (Å²) in [7, 11) is 0. The molecule has 1 aliphatic heterocycles. The van der Waals surface area contributed by atoms with Crippen molar-refractivity contribution in [2.45, 2.75) is 53.9 Å². The molecule has 2 atom stereocenters. The van der Waals surface area contributed by atoms with E-state index in [0.29, 0.717) is 5.41 Å². The summed E-state index contributed by atoms with van der Waals surface area (Å²) in [5.74, 6) is 2.54. The molecule has 0 bridgehead atoms. The summed E-state index contributed by atoms with van der Waals surface area (Å²) in [6.07, 6.45) is 4.07. The molecule has 0 spiro atoms. The minimum absolute atomic E-state index is 0.581. The standard InChI is InChI=1S/C14H29N/c1-6-14(12(4)5)8-10-15-9-7-13(14)11(2)3/h11-13,15H,6-10H2,1-5H3. The third-order valence-electron chi connectivity index (χ3n) is 4.75. The maximum Gasteiger partial charge on any atom is -0.00434 e. The maximum atomic E-state index is 3.58. The van der Waals surface area contributed by atoms with E-state index in [4.69, 9.17) is 0 Å². The molecule has 1 rings (SSSR count). The fraction of sp³-hybridized carbons (Fsp3) is 1.00. The van der Waals surface area contributed by atoms with Crippen LogP contribution < -0.4 is 5.32 Å². The van der Waals surface area contributed by atoms with Crippen LogP contribution in [0.1, 0.15) is 53.9 Å². The lowest BCUT2D eigenvalue weighted by Crippen LogP contribution is -2.38. The predicted molar refractivity (Wildman–Crippen MR) is 68.0 cm³/mol. The molecule has 0 aromatic carbocycles. The van der Waals surface area contributed by atoms with Crippen molar-refractivity contribution in [3.63, 3.8) is 0 Å². The van der Waals surface area contributed by atoms with Crippen molar-refractivity contribution in [2.75, 3.05) is 13.1 Å². The molecule has 0 saturated carbocycles. The van der Waals surface area contributed by atoms with E-state index in [9.17, 15) is 0 Å². The molecule has 90 valence electrons. The lowest BCUT2D eigenvalue weighted by Gasteiger charge is -2.45. The number of hydrogen-bond acceptors (Lipinski definition) is 1. The smallest absolute Gasteiger partial charge is 0.00434 e. The predicted octanol–water partition coefficient (Wildman–Crippen LogP) is 3.69. The molecule has 0 radical (unpaired) electrons. The molecule has 0 amide bonds. The van der Waals surface area contributed by atoms with E-state index in [1.165, 1.54) is 32.4 Å². The molecule has 2 unspecified atom stereocenters. The molecule has 1 nitrogen and oxygen atoms in total. The average molecular weight is 211 g/mol. The number of nitrogens with one attached hydrogen (secondary N) is 1. The Morgan fingerprint density at radius 2 is 1.87 bits per heavy atom. The van der Waals surface area contributed by atoms with Crippen molar-refractivity contribution < 1.29 is 0 Å². The van der Waals surface area contributed by atoms with E-state index in [2.05, 4.69) is 39.9 Å². The van der Waals surface area contributed by atoms with Crippen molar-refractivity contribution >= 4 is 0 Å². The third-order valence-corrected chi connectivity index (χ3v) is 4.75. The SMILES string of the molecule is CCC1(C(C)C)CCNCCC1C(C)C. The monoisotopic (exact) mass is 211 g/mol. The zero-order chi connectivity index (χ0) is 11.5. The Morgan fingerprint density at radius 3 is 2.33 bits per heavy atom. The Kier molecular flexibility index (Phi) is 4.64. The Hall–Kier alpha value is -0.0400. The van der Waals surface area contributed by atoms with Gasteiger partial charge in [-0.3, -0.25) is 0 Å². The molecule has 0 aromatic rings. The topological polar surface area (TPSA) is 12.0 Å². The summed E-state index contributed by atoms with van der Waals surface area (Å²) in [6, 6.07) is 0. The molecular formula is C14H29N. The van der Waals surface area contributed by atoms with Gasteiger partial charge in [0.05, 0.1) is 0 Å². The van der Waals surface area contributed by atoms with Crippen LogP contribution in [0.4, 0.5) is 0 Å². The lowest BCUT2D eigenvalue weighted by molar-refractivity contribution is 0.0466. The van der Waals surface area contributed by atoms with Gasteiger partial charge in [-0.1, -0.05) is 34.6 Å². The molecule has 1 heteroatoms.